The Morgan fingerprint density at radius 1 is 1.23 bits per heavy atom. The highest BCUT2D eigenvalue weighted by molar-refractivity contribution is 8.18. The van der Waals surface area contributed by atoms with Crippen molar-refractivity contribution in [3.05, 3.63) is 74.7 Å². The Hall–Kier alpha value is -3.11. The van der Waals surface area contributed by atoms with E-state index >= 15 is 0 Å². The van der Waals surface area contributed by atoms with Crippen LogP contribution in [-0.2, 0) is 4.79 Å². The predicted octanol–water partition coefficient (Wildman–Crippen LogP) is 3.78. The van der Waals surface area contributed by atoms with Gasteiger partial charge in [0.1, 0.15) is 0 Å². The third kappa shape index (κ3) is 4.89. The van der Waals surface area contributed by atoms with E-state index in [1.807, 2.05) is 30.3 Å². The lowest BCUT2D eigenvalue weighted by atomic mass is 10.2. The molecule has 1 fully saturated rings. The number of nitro benzene ring substituents is 1. The molecule has 0 radical (unpaired) electrons. The van der Waals surface area contributed by atoms with Gasteiger partial charge in [-0.05, 0) is 41.8 Å². The van der Waals surface area contributed by atoms with Gasteiger partial charge in [0.05, 0.1) is 14.7 Å². The van der Waals surface area contributed by atoms with Crippen LogP contribution in [0.25, 0.3) is 6.08 Å². The van der Waals surface area contributed by atoms with Gasteiger partial charge in [-0.3, -0.25) is 29.4 Å². The number of nitrogens with zero attached hydrogens (tertiary/aromatic N) is 2. The van der Waals surface area contributed by atoms with Crippen LogP contribution < -0.4 is 5.32 Å². The van der Waals surface area contributed by atoms with Gasteiger partial charge in [0.25, 0.3) is 22.7 Å². The number of amides is 3. The van der Waals surface area contributed by atoms with Gasteiger partial charge in [0.2, 0.25) is 0 Å². The molecule has 3 amide bonds. The maximum atomic E-state index is 12.5. The molecule has 0 atom stereocenters. The van der Waals surface area contributed by atoms with E-state index in [1.54, 1.807) is 12.3 Å². The van der Waals surface area contributed by atoms with Crippen molar-refractivity contribution in [1.82, 2.24) is 10.2 Å². The zero-order chi connectivity index (χ0) is 21.7. The number of hydrogen-bond donors (Lipinski definition) is 1. The van der Waals surface area contributed by atoms with E-state index in [0.29, 0.717) is 9.80 Å². The average Bonchev–Trinajstić information content (AvgIpc) is 3.01. The number of rotatable bonds is 7. The van der Waals surface area contributed by atoms with Crippen molar-refractivity contribution in [3.8, 4) is 0 Å². The summed E-state index contributed by atoms with van der Waals surface area (Å²) in [5, 5.41) is 13.3. The number of nitro groups is 1. The van der Waals surface area contributed by atoms with Crippen LogP contribution in [0.15, 0.2) is 58.3 Å². The second kappa shape index (κ2) is 9.59. The molecule has 1 N–H and O–H groups in total. The van der Waals surface area contributed by atoms with Crippen molar-refractivity contribution in [2.75, 3.05) is 19.3 Å². The zero-order valence-corrected chi connectivity index (χ0v) is 17.5. The van der Waals surface area contributed by atoms with Crippen molar-refractivity contribution < 1.29 is 19.3 Å². The molecule has 1 aliphatic rings. The van der Waals surface area contributed by atoms with Crippen LogP contribution in [0.5, 0.6) is 0 Å². The summed E-state index contributed by atoms with van der Waals surface area (Å²) in [5.41, 5.74) is 0.802. The summed E-state index contributed by atoms with van der Waals surface area (Å²) in [6.07, 6.45) is 3.36. The number of benzene rings is 2. The molecule has 2 aromatic carbocycles. The fourth-order valence-electron chi connectivity index (χ4n) is 2.75. The number of thioether (sulfide) groups is 2. The first-order valence-corrected chi connectivity index (χ1v) is 10.9. The van der Waals surface area contributed by atoms with Gasteiger partial charge < -0.3 is 5.32 Å². The number of imide groups is 1. The third-order valence-electron chi connectivity index (χ3n) is 4.23. The van der Waals surface area contributed by atoms with Crippen molar-refractivity contribution in [1.29, 1.82) is 0 Å². The maximum absolute atomic E-state index is 12.5. The number of nitrogens with one attached hydrogen (secondary N) is 1. The topological polar surface area (TPSA) is 110 Å². The molecule has 154 valence electrons. The Bertz CT molecular complexity index is 1040. The Balaban J connectivity index is 1.61. The van der Waals surface area contributed by atoms with E-state index in [-0.39, 0.29) is 24.3 Å². The van der Waals surface area contributed by atoms with Gasteiger partial charge in [-0.2, -0.15) is 0 Å². The first-order valence-electron chi connectivity index (χ1n) is 8.81. The summed E-state index contributed by atoms with van der Waals surface area (Å²) in [5.74, 6) is -0.930. The van der Waals surface area contributed by atoms with Gasteiger partial charge in [0.15, 0.2) is 0 Å². The molecule has 0 unspecified atom stereocenters. The van der Waals surface area contributed by atoms with Gasteiger partial charge in [-0.15, -0.1) is 11.8 Å². The zero-order valence-electron chi connectivity index (χ0n) is 15.9. The normalized spacial score (nSPS) is 15.0. The minimum Gasteiger partial charge on any atom is -0.350 e. The molecule has 10 heteroatoms. The molecule has 0 spiro atoms. The van der Waals surface area contributed by atoms with Crippen molar-refractivity contribution in [3.63, 3.8) is 0 Å². The van der Waals surface area contributed by atoms with Crippen molar-refractivity contribution in [2.45, 2.75) is 4.90 Å². The van der Waals surface area contributed by atoms with Crippen LogP contribution in [0.2, 0.25) is 0 Å². The number of carbonyl (C=O) groups excluding carboxylic acids is 3. The van der Waals surface area contributed by atoms with Crippen molar-refractivity contribution in [2.24, 2.45) is 0 Å². The van der Waals surface area contributed by atoms with Gasteiger partial charge in [-0.25, -0.2) is 0 Å². The highest BCUT2D eigenvalue weighted by atomic mass is 32.2. The fraction of sp³-hybridized carbons (Fsp3) is 0.150. The Labute approximate surface area is 180 Å². The average molecular weight is 444 g/mol. The standard InChI is InChI=1S/C20H17N3O5S2/c1-29-16-8-7-14(12-15(16)23(27)28)18(24)21-9-10-22-19(25)17(30-20(22)26)11-13-5-3-2-4-6-13/h2-8,11-12H,9-10H2,1H3,(H,21,24). The minimum absolute atomic E-state index is 0.00747. The molecule has 0 aromatic heterocycles. The van der Waals surface area contributed by atoms with Crippen LogP contribution in [0.1, 0.15) is 15.9 Å². The largest absolute Gasteiger partial charge is 0.350 e. The lowest BCUT2D eigenvalue weighted by Gasteiger charge is -2.13. The van der Waals surface area contributed by atoms with E-state index in [0.717, 1.165) is 22.2 Å². The van der Waals surface area contributed by atoms with Crippen LogP contribution in [0.4, 0.5) is 10.5 Å². The van der Waals surface area contributed by atoms with Crippen LogP contribution >= 0.6 is 23.5 Å². The Kier molecular flexibility index (Phi) is 6.91. The molecule has 1 heterocycles. The van der Waals surface area contributed by atoms with Gasteiger partial charge in [-0.1, -0.05) is 30.3 Å². The summed E-state index contributed by atoms with van der Waals surface area (Å²) in [6, 6.07) is 13.4. The second-order valence-corrected chi connectivity index (χ2v) is 7.98. The van der Waals surface area contributed by atoms with E-state index in [1.165, 1.54) is 30.0 Å². The maximum Gasteiger partial charge on any atom is 0.293 e. The smallest absolute Gasteiger partial charge is 0.293 e. The predicted molar refractivity (Wildman–Crippen MR) is 116 cm³/mol. The third-order valence-corrected chi connectivity index (χ3v) is 5.92. The molecule has 0 bridgehead atoms. The van der Waals surface area contributed by atoms with E-state index in [2.05, 4.69) is 5.32 Å². The molecular formula is C20H17N3O5S2. The molecule has 1 aliphatic heterocycles. The van der Waals surface area contributed by atoms with Gasteiger partial charge >= 0.3 is 0 Å². The highest BCUT2D eigenvalue weighted by Gasteiger charge is 2.34. The molecule has 0 aliphatic carbocycles. The van der Waals surface area contributed by atoms with E-state index < -0.39 is 22.0 Å². The Morgan fingerprint density at radius 3 is 2.63 bits per heavy atom. The summed E-state index contributed by atoms with van der Waals surface area (Å²) in [7, 11) is 0. The first-order chi connectivity index (χ1) is 14.4. The Morgan fingerprint density at radius 2 is 1.97 bits per heavy atom. The second-order valence-electron chi connectivity index (χ2n) is 6.14. The number of carbonyl (C=O) groups is 3. The SMILES string of the molecule is CSc1ccc(C(=O)NCCN2C(=O)SC(=Cc3ccccc3)C2=O)cc1[N+](=O)[O-]. The summed E-state index contributed by atoms with van der Waals surface area (Å²) in [4.78, 5) is 49.4. The number of hydrogen-bond acceptors (Lipinski definition) is 7. The molecule has 2 aromatic rings. The summed E-state index contributed by atoms with van der Waals surface area (Å²) >= 11 is 2.07. The fourth-order valence-corrected chi connectivity index (χ4v) is 4.16. The summed E-state index contributed by atoms with van der Waals surface area (Å²) < 4.78 is 0. The van der Waals surface area contributed by atoms with Crippen LogP contribution in [-0.4, -0.2) is 46.2 Å². The molecule has 3 rings (SSSR count). The minimum atomic E-state index is -0.540. The molecule has 30 heavy (non-hydrogen) atoms. The quantitative estimate of drug-likeness (QED) is 0.300. The monoisotopic (exact) mass is 443 g/mol. The lowest BCUT2D eigenvalue weighted by molar-refractivity contribution is -0.387. The van der Waals surface area contributed by atoms with E-state index in [4.69, 9.17) is 0 Å². The molecule has 1 saturated heterocycles. The molecule has 8 nitrogen and oxygen atoms in total. The van der Waals surface area contributed by atoms with Crippen LogP contribution in [0, 0.1) is 10.1 Å². The van der Waals surface area contributed by atoms with Crippen LogP contribution in [0.3, 0.4) is 0 Å². The molecular weight excluding hydrogens is 426 g/mol. The van der Waals surface area contributed by atoms with E-state index in [9.17, 15) is 24.5 Å². The summed E-state index contributed by atoms with van der Waals surface area (Å²) in [6.45, 7) is 0.0428. The van der Waals surface area contributed by atoms with Gasteiger partial charge in [0, 0.05) is 24.7 Å². The first kappa shape index (κ1) is 21.6. The highest BCUT2D eigenvalue weighted by Crippen LogP contribution is 2.32. The van der Waals surface area contributed by atoms with Crippen molar-refractivity contribution >= 4 is 52.3 Å². The molecule has 0 saturated carbocycles. The lowest BCUT2D eigenvalue weighted by Crippen LogP contribution is -2.37.